The van der Waals surface area contributed by atoms with Gasteiger partial charge in [-0.05, 0) is 61.2 Å². The van der Waals surface area contributed by atoms with Crippen molar-refractivity contribution < 1.29 is 18.7 Å². The van der Waals surface area contributed by atoms with Crippen molar-refractivity contribution in [3.8, 4) is 11.1 Å². The summed E-state index contributed by atoms with van der Waals surface area (Å²) in [6.45, 7) is 2.71. The van der Waals surface area contributed by atoms with Crippen molar-refractivity contribution >= 4 is 11.7 Å². The first-order valence-electron chi connectivity index (χ1n) is 8.72. The number of nitrogens with zero attached hydrogens (tertiary/aromatic N) is 1. The number of benzene rings is 2. The van der Waals surface area contributed by atoms with Gasteiger partial charge in [0.05, 0.1) is 6.10 Å². The predicted octanol–water partition coefficient (Wildman–Crippen LogP) is 3.95. The van der Waals surface area contributed by atoms with Gasteiger partial charge >= 0.3 is 0 Å². The third kappa shape index (κ3) is 3.83. The first-order valence-corrected chi connectivity index (χ1v) is 8.72. The fourth-order valence-electron chi connectivity index (χ4n) is 3.38. The Bertz CT molecular complexity index is 834. The zero-order valence-corrected chi connectivity index (χ0v) is 15.0. The number of piperidine rings is 1. The number of amides is 1. The van der Waals surface area contributed by atoms with E-state index in [4.69, 9.17) is 4.74 Å². The molecule has 1 aliphatic heterocycles. The summed E-state index contributed by atoms with van der Waals surface area (Å²) < 4.78 is 19.1. The fourth-order valence-corrected chi connectivity index (χ4v) is 3.38. The van der Waals surface area contributed by atoms with Crippen molar-refractivity contribution in [3.05, 3.63) is 59.4 Å². The zero-order chi connectivity index (χ0) is 18.7. The molecule has 0 aliphatic carbocycles. The second-order valence-corrected chi connectivity index (χ2v) is 6.58. The second kappa shape index (κ2) is 7.79. The van der Waals surface area contributed by atoms with E-state index in [-0.39, 0.29) is 17.8 Å². The molecule has 2 aromatic carbocycles. The van der Waals surface area contributed by atoms with Crippen LogP contribution in [0, 0.1) is 5.82 Å². The van der Waals surface area contributed by atoms with E-state index in [2.05, 4.69) is 0 Å². The molecule has 0 aromatic heterocycles. The van der Waals surface area contributed by atoms with Crippen LogP contribution in [-0.4, -0.2) is 42.9 Å². The topological polar surface area (TPSA) is 46.6 Å². The molecule has 4 nitrogen and oxygen atoms in total. The molecule has 1 heterocycles. The SMILES string of the molecule is CO[C@H]1CCCN(C(=O)c2cccc(-c3cc(F)ccc3C(C)=O)c2)C1. The van der Waals surface area contributed by atoms with Gasteiger partial charge < -0.3 is 9.64 Å². The lowest BCUT2D eigenvalue weighted by atomic mass is 9.95. The van der Waals surface area contributed by atoms with Crippen LogP contribution in [0.5, 0.6) is 0 Å². The Labute approximate surface area is 152 Å². The molecule has 5 heteroatoms. The Hall–Kier alpha value is -2.53. The minimum absolute atomic E-state index is 0.0587. The van der Waals surface area contributed by atoms with Gasteiger partial charge in [0.25, 0.3) is 5.91 Å². The molecule has 26 heavy (non-hydrogen) atoms. The Morgan fingerprint density at radius 3 is 2.73 bits per heavy atom. The van der Waals surface area contributed by atoms with E-state index >= 15 is 0 Å². The van der Waals surface area contributed by atoms with Gasteiger partial charge in [-0.15, -0.1) is 0 Å². The Morgan fingerprint density at radius 2 is 2.00 bits per heavy atom. The molecule has 0 unspecified atom stereocenters. The van der Waals surface area contributed by atoms with Crippen molar-refractivity contribution in [2.75, 3.05) is 20.2 Å². The Morgan fingerprint density at radius 1 is 1.19 bits per heavy atom. The lowest BCUT2D eigenvalue weighted by Crippen LogP contribution is -2.42. The van der Waals surface area contributed by atoms with E-state index in [1.807, 2.05) is 0 Å². The van der Waals surface area contributed by atoms with Crippen LogP contribution in [0.15, 0.2) is 42.5 Å². The normalized spacial score (nSPS) is 17.2. The first-order chi connectivity index (χ1) is 12.5. The average Bonchev–Trinajstić information content (AvgIpc) is 2.67. The maximum absolute atomic E-state index is 13.7. The summed E-state index contributed by atoms with van der Waals surface area (Å²) in [4.78, 5) is 26.5. The molecule has 3 rings (SSSR count). The molecule has 1 saturated heterocycles. The summed E-state index contributed by atoms with van der Waals surface area (Å²) >= 11 is 0. The molecule has 136 valence electrons. The van der Waals surface area contributed by atoms with Crippen LogP contribution in [0.3, 0.4) is 0 Å². The molecular weight excluding hydrogens is 333 g/mol. The van der Waals surface area contributed by atoms with Crippen LogP contribution in [0.1, 0.15) is 40.5 Å². The van der Waals surface area contributed by atoms with Crippen molar-refractivity contribution in [1.29, 1.82) is 0 Å². The van der Waals surface area contributed by atoms with Gasteiger partial charge in [0.15, 0.2) is 5.78 Å². The highest BCUT2D eigenvalue weighted by Crippen LogP contribution is 2.27. The van der Waals surface area contributed by atoms with Gasteiger partial charge in [0.2, 0.25) is 0 Å². The molecule has 1 fully saturated rings. The minimum Gasteiger partial charge on any atom is -0.380 e. The van der Waals surface area contributed by atoms with E-state index in [9.17, 15) is 14.0 Å². The summed E-state index contributed by atoms with van der Waals surface area (Å²) in [6.07, 6.45) is 1.91. The lowest BCUT2D eigenvalue weighted by molar-refractivity contribution is 0.0269. The van der Waals surface area contributed by atoms with Crippen molar-refractivity contribution in [3.63, 3.8) is 0 Å². The third-order valence-corrected chi connectivity index (χ3v) is 4.78. The van der Waals surface area contributed by atoms with E-state index in [1.54, 1.807) is 36.3 Å². The van der Waals surface area contributed by atoms with Gasteiger partial charge in [0.1, 0.15) is 5.82 Å². The van der Waals surface area contributed by atoms with Crippen LogP contribution in [-0.2, 0) is 4.74 Å². The highest BCUT2D eigenvalue weighted by atomic mass is 19.1. The van der Waals surface area contributed by atoms with Crippen LogP contribution < -0.4 is 0 Å². The summed E-state index contributed by atoms with van der Waals surface area (Å²) in [5.41, 5.74) is 2.12. The minimum atomic E-state index is -0.416. The molecule has 0 N–H and O–H groups in total. The highest BCUT2D eigenvalue weighted by molar-refractivity contribution is 6.02. The molecular formula is C21H22FNO3. The number of carbonyl (C=O) groups is 2. The number of methoxy groups -OCH3 is 1. The van der Waals surface area contributed by atoms with E-state index in [0.717, 1.165) is 12.8 Å². The number of ether oxygens (including phenoxy) is 1. The number of halogens is 1. The van der Waals surface area contributed by atoms with Gasteiger partial charge in [-0.2, -0.15) is 0 Å². The van der Waals surface area contributed by atoms with Crippen molar-refractivity contribution in [2.45, 2.75) is 25.9 Å². The molecule has 0 spiro atoms. The van der Waals surface area contributed by atoms with Gasteiger partial charge in [-0.25, -0.2) is 4.39 Å². The van der Waals surface area contributed by atoms with Crippen LogP contribution in [0.4, 0.5) is 4.39 Å². The van der Waals surface area contributed by atoms with E-state index < -0.39 is 5.82 Å². The smallest absolute Gasteiger partial charge is 0.253 e. The number of Topliss-reactive ketones (excluding diaryl/α,β-unsaturated/α-hetero) is 1. The number of likely N-dealkylation sites (tertiary alicyclic amines) is 1. The Balaban J connectivity index is 1.93. The summed E-state index contributed by atoms with van der Waals surface area (Å²) in [5.74, 6) is -0.634. The van der Waals surface area contributed by atoms with Gasteiger partial charge in [-0.3, -0.25) is 9.59 Å². The molecule has 1 atom stereocenters. The third-order valence-electron chi connectivity index (χ3n) is 4.78. The van der Waals surface area contributed by atoms with Crippen LogP contribution >= 0.6 is 0 Å². The fraction of sp³-hybridized carbons (Fsp3) is 0.333. The lowest BCUT2D eigenvalue weighted by Gasteiger charge is -2.32. The summed E-state index contributed by atoms with van der Waals surface area (Å²) in [6, 6.07) is 11.1. The number of carbonyl (C=O) groups excluding carboxylic acids is 2. The van der Waals surface area contributed by atoms with Gasteiger partial charge in [0, 0.05) is 31.3 Å². The molecule has 1 amide bonds. The number of hydrogen-bond acceptors (Lipinski definition) is 3. The van der Waals surface area contributed by atoms with Gasteiger partial charge in [-0.1, -0.05) is 12.1 Å². The van der Waals surface area contributed by atoms with E-state index in [0.29, 0.717) is 35.3 Å². The summed E-state index contributed by atoms with van der Waals surface area (Å²) in [5, 5.41) is 0. The maximum Gasteiger partial charge on any atom is 0.253 e. The molecule has 0 radical (unpaired) electrons. The summed E-state index contributed by atoms with van der Waals surface area (Å²) in [7, 11) is 1.66. The second-order valence-electron chi connectivity index (χ2n) is 6.58. The average molecular weight is 355 g/mol. The van der Waals surface area contributed by atoms with Crippen LogP contribution in [0.2, 0.25) is 0 Å². The highest BCUT2D eigenvalue weighted by Gasteiger charge is 2.24. The van der Waals surface area contributed by atoms with Crippen molar-refractivity contribution in [1.82, 2.24) is 4.90 Å². The predicted molar refractivity (Wildman–Crippen MR) is 97.8 cm³/mol. The molecule has 0 bridgehead atoms. The first kappa shape index (κ1) is 18.3. The molecule has 0 saturated carbocycles. The molecule has 1 aliphatic rings. The largest absolute Gasteiger partial charge is 0.380 e. The number of rotatable bonds is 4. The quantitative estimate of drug-likeness (QED) is 0.780. The van der Waals surface area contributed by atoms with Crippen LogP contribution in [0.25, 0.3) is 11.1 Å². The number of ketones is 1. The zero-order valence-electron chi connectivity index (χ0n) is 15.0. The van der Waals surface area contributed by atoms with E-state index in [1.165, 1.54) is 25.1 Å². The maximum atomic E-state index is 13.7. The number of hydrogen-bond donors (Lipinski definition) is 0. The van der Waals surface area contributed by atoms with Crippen molar-refractivity contribution in [2.24, 2.45) is 0 Å². The molecule has 2 aromatic rings. The standard InChI is InChI=1S/C21H22FNO3/c1-14(24)19-9-8-17(22)12-20(19)15-5-3-6-16(11-15)21(25)23-10-4-7-18(13-23)26-2/h3,5-6,8-9,11-12,18H,4,7,10,13H2,1-2H3/t18-/m0/s1. The monoisotopic (exact) mass is 355 g/mol. The Kier molecular flexibility index (Phi) is 5.47.